The van der Waals surface area contributed by atoms with E-state index in [2.05, 4.69) is 46.6 Å². The van der Waals surface area contributed by atoms with E-state index in [9.17, 15) is 0 Å². The zero-order valence-electron chi connectivity index (χ0n) is 14.4. The molecule has 0 aliphatic carbocycles. The van der Waals surface area contributed by atoms with E-state index in [0.29, 0.717) is 6.61 Å². The fourth-order valence-electron chi connectivity index (χ4n) is 3.13. The second-order valence-corrected chi connectivity index (χ2v) is 6.47. The third kappa shape index (κ3) is 5.66. The molecule has 1 N–H and O–H groups in total. The van der Waals surface area contributed by atoms with Gasteiger partial charge in [0.1, 0.15) is 12.4 Å². The van der Waals surface area contributed by atoms with Crippen LogP contribution in [-0.2, 0) is 13.0 Å². The summed E-state index contributed by atoms with van der Waals surface area (Å²) in [7, 11) is 0. The highest BCUT2D eigenvalue weighted by molar-refractivity contribution is 5.28. The van der Waals surface area contributed by atoms with Crippen LogP contribution in [-0.4, -0.2) is 37.6 Å². The molecular formula is C21H28N2O. The van der Waals surface area contributed by atoms with Crippen molar-refractivity contribution < 1.29 is 4.74 Å². The van der Waals surface area contributed by atoms with Crippen molar-refractivity contribution in [3.63, 3.8) is 0 Å². The van der Waals surface area contributed by atoms with Gasteiger partial charge in [-0.25, -0.2) is 0 Å². The summed E-state index contributed by atoms with van der Waals surface area (Å²) >= 11 is 0. The van der Waals surface area contributed by atoms with Crippen LogP contribution in [0.25, 0.3) is 0 Å². The minimum absolute atomic E-state index is 0.628. The summed E-state index contributed by atoms with van der Waals surface area (Å²) in [6.07, 6.45) is 3.64. The van der Waals surface area contributed by atoms with Crippen LogP contribution in [0.3, 0.4) is 0 Å². The summed E-state index contributed by atoms with van der Waals surface area (Å²) in [6.45, 7) is 6.55. The standard InChI is InChI=1S/C21H28N2O/c1-2-6-20(7-3-1)18-24-21-11-9-19(10-12-21)8-4-15-23-16-5-13-22-14-17-23/h1-3,6-7,9-12,22H,4-5,8,13-18H2. The minimum Gasteiger partial charge on any atom is -0.489 e. The first-order valence-electron chi connectivity index (χ1n) is 9.09. The van der Waals surface area contributed by atoms with E-state index in [1.54, 1.807) is 0 Å². The average Bonchev–Trinajstić information content (AvgIpc) is 2.91. The van der Waals surface area contributed by atoms with Gasteiger partial charge in [0.2, 0.25) is 0 Å². The Bertz CT molecular complexity index is 575. The van der Waals surface area contributed by atoms with Crippen LogP contribution >= 0.6 is 0 Å². The molecule has 1 aliphatic rings. The molecule has 1 heterocycles. The summed E-state index contributed by atoms with van der Waals surface area (Å²) < 4.78 is 5.85. The molecule has 0 unspecified atom stereocenters. The molecule has 24 heavy (non-hydrogen) atoms. The number of hydrogen-bond donors (Lipinski definition) is 1. The number of benzene rings is 2. The van der Waals surface area contributed by atoms with Crippen LogP contribution in [0.15, 0.2) is 54.6 Å². The Kier molecular flexibility index (Phi) is 6.70. The van der Waals surface area contributed by atoms with Gasteiger partial charge in [-0.1, -0.05) is 42.5 Å². The van der Waals surface area contributed by atoms with Gasteiger partial charge in [0.25, 0.3) is 0 Å². The van der Waals surface area contributed by atoms with E-state index in [0.717, 1.165) is 18.7 Å². The number of ether oxygens (including phenoxy) is 1. The highest BCUT2D eigenvalue weighted by Gasteiger charge is 2.07. The number of nitrogens with zero attached hydrogens (tertiary/aromatic N) is 1. The number of hydrogen-bond acceptors (Lipinski definition) is 3. The quantitative estimate of drug-likeness (QED) is 0.844. The Balaban J connectivity index is 1.39. The molecule has 0 saturated carbocycles. The fourth-order valence-corrected chi connectivity index (χ4v) is 3.13. The predicted octanol–water partition coefficient (Wildman–Crippen LogP) is 3.49. The first kappa shape index (κ1) is 17.0. The second-order valence-electron chi connectivity index (χ2n) is 6.47. The molecule has 1 saturated heterocycles. The van der Waals surface area contributed by atoms with Crippen molar-refractivity contribution in [2.75, 3.05) is 32.7 Å². The summed E-state index contributed by atoms with van der Waals surface area (Å²) in [5, 5.41) is 3.46. The molecule has 1 aliphatic heterocycles. The molecule has 128 valence electrons. The van der Waals surface area contributed by atoms with Crippen molar-refractivity contribution >= 4 is 0 Å². The topological polar surface area (TPSA) is 24.5 Å². The summed E-state index contributed by atoms with van der Waals surface area (Å²) in [4.78, 5) is 2.58. The molecule has 0 bridgehead atoms. The molecule has 1 fully saturated rings. The molecule has 0 radical (unpaired) electrons. The van der Waals surface area contributed by atoms with Gasteiger partial charge in [-0.05, 0) is 62.2 Å². The van der Waals surface area contributed by atoms with E-state index in [1.807, 2.05) is 18.2 Å². The maximum atomic E-state index is 5.85. The smallest absolute Gasteiger partial charge is 0.119 e. The van der Waals surface area contributed by atoms with Crippen molar-refractivity contribution in [3.8, 4) is 5.75 Å². The monoisotopic (exact) mass is 324 g/mol. The maximum absolute atomic E-state index is 5.85. The van der Waals surface area contributed by atoms with Crippen molar-refractivity contribution in [3.05, 3.63) is 65.7 Å². The van der Waals surface area contributed by atoms with E-state index >= 15 is 0 Å². The Morgan fingerprint density at radius 2 is 1.71 bits per heavy atom. The average molecular weight is 324 g/mol. The Morgan fingerprint density at radius 1 is 0.875 bits per heavy atom. The summed E-state index contributed by atoms with van der Waals surface area (Å²) in [5.74, 6) is 0.946. The van der Waals surface area contributed by atoms with Crippen LogP contribution < -0.4 is 10.1 Å². The zero-order valence-corrected chi connectivity index (χ0v) is 14.4. The molecule has 3 nitrogen and oxygen atoms in total. The van der Waals surface area contributed by atoms with Crippen molar-refractivity contribution in [2.45, 2.75) is 25.9 Å². The van der Waals surface area contributed by atoms with E-state index in [1.165, 1.54) is 50.1 Å². The largest absolute Gasteiger partial charge is 0.489 e. The molecule has 2 aromatic rings. The first-order valence-corrected chi connectivity index (χ1v) is 9.09. The van der Waals surface area contributed by atoms with Gasteiger partial charge in [0.15, 0.2) is 0 Å². The lowest BCUT2D eigenvalue weighted by atomic mass is 10.1. The molecule has 3 heteroatoms. The van der Waals surface area contributed by atoms with Gasteiger partial charge < -0.3 is 15.0 Å². The zero-order chi connectivity index (χ0) is 16.5. The third-order valence-electron chi connectivity index (χ3n) is 4.54. The molecule has 0 aromatic heterocycles. The van der Waals surface area contributed by atoms with Gasteiger partial charge in [-0.15, -0.1) is 0 Å². The lowest BCUT2D eigenvalue weighted by molar-refractivity contribution is 0.289. The van der Waals surface area contributed by atoms with Crippen molar-refractivity contribution in [1.82, 2.24) is 10.2 Å². The number of nitrogens with one attached hydrogen (secondary N) is 1. The lowest BCUT2D eigenvalue weighted by Gasteiger charge is -2.19. The van der Waals surface area contributed by atoms with Gasteiger partial charge in [0.05, 0.1) is 0 Å². The van der Waals surface area contributed by atoms with Gasteiger partial charge >= 0.3 is 0 Å². The Hall–Kier alpha value is -1.84. The van der Waals surface area contributed by atoms with Gasteiger partial charge in [0, 0.05) is 13.1 Å². The molecule has 0 atom stereocenters. The van der Waals surface area contributed by atoms with Crippen LogP contribution in [0.1, 0.15) is 24.0 Å². The van der Waals surface area contributed by atoms with E-state index in [-0.39, 0.29) is 0 Å². The lowest BCUT2D eigenvalue weighted by Crippen LogP contribution is -2.29. The fraction of sp³-hybridized carbons (Fsp3) is 0.429. The number of aryl methyl sites for hydroxylation is 1. The number of rotatable bonds is 7. The van der Waals surface area contributed by atoms with Crippen molar-refractivity contribution in [2.24, 2.45) is 0 Å². The van der Waals surface area contributed by atoms with E-state index in [4.69, 9.17) is 4.74 Å². The first-order chi connectivity index (χ1) is 11.9. The van der Waals surface area contributed by atoms with Crippen LogP contribution in [0, 0.1) is 0 Å². The molecule has 0 amide bonds. The van der Waals surface area contributed by atoms with Gasteiger partial charge in [-0.2, -0.15) is 0 Å². The van der Waals surface area contributed by atoms with Crippen LogP contribution in [0.4, 0.5) is 0 Å². The molecule has 0 spiro atoms. The molecular weight excluding hydrogens is 296 g/mol. The minimum atomic E-state index is 0.628. The third-order valence-corrected chi connectivity index (χ3v) is 4.54. The maximum Gasteiger partial charge on any atom is 0.119 e. The van der Waals surface area contributed by atoms with Crippen LogP contribution in [0.5, 0.6) is 5.75 Å². The highest BCUT2D eigenvalue weighted by atomic mass is 16.5. The molecule has 3 rings (SSSR count). The summed E-state index contributed by atoms with van der Waals surface area (Å²) in [6, 6.07) is 18.9. The summed E-state index contributed by atoms with van der Waals surface area (Å²) in [5.41, 5.74) is 2.60. The predicted molar refractivity (Wildman–Crippen MR) is 99.5 cm³/mol. The normalized spacial score (nSPS) is 15.8. The SMILES string of the molecule is c1ccc(COc2ccc(CCCN3CCCNCC3)cc2)cc1. The molecule has 2 aromatic carbocycles. The Labute approximate surface area is 145 Å². The highest BCUT2D eigenvalue weighted by Crippen LogP contribution is 2.15. The van der Waals surface area contributed by atoms with Crippen molar-refractivity contribution in [1.29, 1.82) is 0 Å². The Morgan fingerprint density at radius 3 is 2.54 bits per heavy atom. The van der Waals surface area contributed by atoms with Crippen LogP contribution in [0.2, 0.25) is 0 Å². The van der Waals surface area contributed by atoms with E-state index < -0.39 is 0 Å². The van der Waals surface area contributed by atoms with Gasteiger partial charge in [-0.3, -0.25) is 0 Å². The second kappa shape index (κ2) is 9.45.